The predicted molar refractivity (Wildman–Crippen MR) is 85.8 cm³/mol. The number of aromatic hydroxyl groups is 1. The van der Waals surface area contributed by atoms with E-state index < -0.39 is 17.6 Å². The third-order valence-corrected chi connectivity index (χ3v) is 4.42. The van der Waals surface area contributed by atoms with Gasteiger partial charge in [-0.2, -0.15) is 13.2 Å². The number of fused-ring (bicyclic) bond motifs is 1. The van der Waals surface area contributed by atoms with Crippen LogP contribution in [-0.2, 0) is 25.7 Å². The molecule has 1 aromatic carbocycles. The zero-order valence-corrected chi connectivity index (χ0v) is 14.1. The Kier molecular flexibility index (Phi) is 4.70. The van der Waals surface area contributed by atoms with Gasteiger partial charge in [0.15, 0.2) is 0 Å². The van der Waals surface area contributed by atoms with E-state index in [1.807, 2.05) is 0 Å². The number of nitrogens with zero attached hydrogens (tertiary/aromatic N) is 2. The fourth-order valence-electron chi connectivity index (χ4n) is 2.73. The maximum absolute atomic E-state index is 12.7. The Balaban J connectivity index is 1.86. The van der Waals surface area contributed by atoms with Gasteiger partial charge in [-0.25, -0.2) is 4.98 Å². The molecule has 0 bridgehead atoms. The third-order valence-electron chi connectivity index (χ3n) is 3.92. The van der Waals surface area contributed by atoms with Gasteiger partial charge in [-0.1, -0.05) is 23.2 Å². The first-order valence-corrected chi connectivity index (χ1v) is 7.99. The van der Waals surface area contributed by atoms with Crippen LogP contribution in [0.3, 0.4) is 0 Å². The highest BCUT2D eigenvalue weighted by atomic mass is 35.5. The maximum atomic E-state index is 12.7. The van der Waals surface area contributed by atoms with Crippen molar-refractivity contribution in [3.8, 4) is 5.75 Å². The lowest BCUT2D eigenvalue weighted by molar-refractivity contribution is -0.145. The van der Waals surface area contributed by atoms with Gasteiger partial charge in [0.1, 0.15) is 5.75 Å². The second-order valence-electron chi connectivity index (χ2n) is 5.69. The van der Waals surface area contributed by atoms with Crippen molar-refractivity contribution >= 4 is 23.2 Å². The highest BCUT2D eigenvalue weighted by Gasteiger charge is 2.36. The molecule has 1 aliphatic rings. The zero-order chi connectivity index (χ0) is 18.4. The smallest absolute Gasteiger partial charge is 0.449 e. The highest BCUT2D eigenvalue weighted by molar-refractivity contribution is 6.35. The van der Waals surface area contributed by atoms with Crippen LogP contribution in [0.25, 0.3) is 0 Å². The van der Waals surface area contributed by atoms with Gasteiger partial charge in [-0.05, 0) is 12.1 Å². The molecule has 1 aliphatic heterocycles. The largest absolute Gasteiger partial charge is 0.506 e. The minimum atomic E-state index is -4.70. The van der Waals surface area contributed by atoms with Crippen LogP contribution >= 0.6 is 23.2 Å². The van der Waals surface area contributed by atoms with Crippen LogP contribution in [0.2, 0.25) is 10.0 Å². The van der Waals surface area contributed by atoms with E-state index in [-0.39, 0.29) is 41.5 Å². The summed E-state index contributed by atoms with van der Waals surface area (Å²) in [6.07, 6.45) is -4.51. The van der Waals surface area contributed by atoms with Gasteiger partial charge < -0.3 is 10.1 Å². The Morgan fingerprint density at radius 2 is 2.04 bits per heavy atom. The summed E-state index contributed by atoms with van der Waals surface area (Å²) in [5, 5.41) is 10.5. The summed E-state index contributed by atoms with van der Waals surface area (Å²) < 4.78 is 38.2. The molecule has 0 radical (unpaired) electrons. The number of aromatic nitrogens is 2. The number of halogens is 5. The summed E-state index contributed by atoms with van der Waals surface area (Å²) in [6, 6.07) is 2.95. The van der Waals surface area contributed by atoms with Gasteiger partial charge in [0.2, 0.25) is 5.82 Å². The minimum absolute atomic E-state index is 0.106. The van der Waals surface area contributed by atoms with Crippen LogP contribution < -0.4 is 5.56 Å². The molecule has 0 fully saturated rings. The molecule has 3 rings (SSSR count). The molecule has 10 heteroatoms. The van der Waals surface area contributed by atoms with Crippen molar-refractivity contribution in [2.24, 2.45) is 0 Å². The van der Waals surface area contributed by atoms with E-state index in [1.165, 1.54) is 6.07 Å². The number of hydrogen-bond donors (Lipinski definition) is 2. The molecule has 2 aromatic rings. The van der Waals surface area contributed by atoms with Crippen LogP contribution in [0.15, 0.2) is 16.9 Å². The van der Waals surface area contributed by atoms with Gasteiger partial charge >= 0.3 is 6.18 Å². The number of phenols is 1. The molecule has 2 N–H and O–H groups in total. The fourth-order valence-corrected chi connectivity index (χ4v) is 3.27. The van der Waals surface area contributed by atoms with Crippen LogP contribution in [0.4, 0.5) is 13.2 Å². The topological polar surface area (TPSA) is 69.2 Å². The molecule has 2 heterocycles. The van der Waals surface area contributed by atoms with Crippen molar-refractivity contribution in [2.45, 2.75) is 25.7 Å². The molecule has 0 saturated carbocycles. The van der Waals surface area contributed by atoms with E-state index in [4.69, 9.17) is 23.2 Å². The summed E-state index contributed by atoms with van der Waals surface area (Å²) in [6.45, 7) is 0.732. The zero-order valence-electron chi connectivity index (χ0n) is 12.6. The second-order valence-corrected chi connectivity index (χ2v) is 6.54. The van der Waals surface area contributed by atoms with Crippen LogP contribution in [0.5, 0.6) is 5.75 Å². The van der Waals surface area contributed by atoms with Crippen LogP contribution in [-0.4, -0.2) is 26.5 Å². The Hall–Kier alpha value is -1.77. The van der Waals surface area contributed by atoms with Gasteiger partial charge in [0.25, 0.3) is 5.56 Å². The number of nitrogens with one attached hydrogen (secondary N) is 1. The quantitative estimate of drug-likeness (QED) is 0.820. The number of aromatic amines is 1. The van der Waals surface area contributed by atoms with Crippen molar-refractivity contribution in [1.82, 2.24) is 14.9 Å². The molecule has 1 aromatic heterocycles. The average Bonchev–Trinajstić information content (AvgIpc) is 2.51. The Morgan fingerprint density at radius 3 is 2.72 bits per heavy atom. The van der Waals surface area contributed by atoms with E-state index in [2.05, 4.69) is 4.98 Å². The summed E-state index contributed by atoms with van der Waals surface area (Å²) >= 11 is 11.8. The number of benzene rings is 1. The van der Waals surface area contributed by atoms with Crippen molar-refractivity contribution in [2.75, 3.05) is 6.54 Å². The van der Waals surface area contributed by atoms with Gasteiger partial charge in [0, 0.05) is 36.6 Å². The highest BCUT2D eigenvalue weighted by Crippen LogP contribution is 2.33. The molecule has 0 atom stereocenters. The molecular formula is C15H12Cl2F3N3O2. The molecule has 134 valence electrons. The molecule has 0 amide bonds. The lowest BCUT2D eigenvalue weighted by Crippen LogP contribution is -2.36. The predicted octanol–water partition coefficient (Wildman–Crippen LogP) is 3.36. The van der Waals surface area contributed by atoms with E-state index in [9.17, 15) is 23.1 Å². The second kappa shape index (κ2) is 6.51. The summed E-state index contributed by atoms with van der Waals surface area (Å²) in [7, 11) is 0. The van der Waals surface area contributed by atoms with Crippen molar-refractivity contribution < 1.29 is 18.3 Å². The van der Waals surface area contributed by atoms with Gasteiger partial charge in [0.05, 0.1) is 16.3 Å². The molecule has 0 saturated heterocycles. The van der Waals surface area contributed by atoms with Crippen LogP contribution in [0, 0.1) is 0 Å². The van der Waals surface area contributed by atoms with Crippen LogP contribution in [0.1, 0.15) is 22.6 Å². The summed E-state index contributed by atoms with van der Waals surface area (Å²) in [4.78, 5) is 19.1. The normalized spacial score (nSPS) is 15.2. The van der Waals surface area contributed by atoms with Crippen molar-refractivity contribution in [3.63, 3.8) is 0 Å². The third kappa shape index (κ3) is 3.75. The van der Waals surface area contributed by atoms with E-state index >= 15 is 0 Å². The number of H-pyrrole nitrogens is 1. The fraction of sp³-hybridized carbons (Fsp3) is 0.333. The molecule has 0 spiro atoms. The van der Waals surface area contributed by atoms with Crippen molar-refractivity contribution in [1.29, 1.82) is 0 Å². The summed E-state index contributed by atoms with van der Waals surface area (Å²) in [5.74, 6) is -1.40. The van der Waals surface area contributed by atoms with Crippen molar-refractivity contribution in [3.05, 3.63) is 55.2 Å². The minimum Gasteiger partial charge on any atom is -0.506 e. The van der Waals surface area contributed by atoms with Gasteiger partial charge in [-0.15, -0.1) is 0 Å². The standard InChI is InChI=1S/C15H12Cl2F3N3O2/c16-8-3-7(12(24)10(17)4-8)5-23-2-1-11-9(6-23)13(25)22-14(21-11)15(18,19)20/h3-4,24H,1-2,5-6H2,(H,21,22,25). The molecule has 0 unspecified atom stereocenters. The maximum Gasteiger partial charge on any atom is 0.449 e. The lowest BCUT2D eigenvalue weighted by Gasteiger charge is -2.28. The molecule has 0 aliphatic carbocycles. The Labute approximate surface area is 150 Å². The van der Waals surface area contributed by atoms with E-state index in [0.717, 1.165) is 0 Å². The first kappa shape index (κ1) is 18.0. The number of alkyl halides is 3. The SMILES string of the molecule is O=c1[nH]c(C(F)(F)F)nc2c1CN(Cc1cc(Cl)cc(Cl)c1O)CC2. The molecule has 5 nitrogen and oxygen atoms in total. The molecule has 25 heavy (non-hydrogen) atoms. The Bertz CT molecular complexity index is 884. The lowest BCUT2D eigenvalue weighted by atomic mass is 10.1. The number of hydrogen-bond acceptors (Lipinski definition) is 4. The van der Waals surface area contributed by atoms with E-state index in [1.54, 1.807) is 16.0 Å². The number of rotatable bonds is 2. The average molecular weight is 394 g/mol. The van der Waals surface area contributed by atoms with Gasteiger partial charge in [-0.3, -0.25) is 9.69 Å². The number of phenolic OH excluding ortho intramolecular Hbond substituents is 1. The summed E-state index contributed by atoms with van der Waals surface area (Å²) in [5.41, 5.74) is -0.0137. The first-order chi connectivity index (χ1) is 11.6. The Morgan fingerprint density at radius 1 is 1.32 bits per heavy atom. The monoisotopic (exact) mass is 393 g/mol. The first-order valence-electron chi connectivity index (χ1n) is 7.23. The molecular weight excluding hydrogens is 382 g/mol. The van der Waals surface area contributed by atoms with E-state index in [0.29, 0.717) is 17.1 Å².